The molecule has 3 rings (SSSR count). The summed E-state index contributed by atoms with van der Waals surface area (Å²) in [6.07, 6.45) is -2.95. The van der Waals surface area contributed by atoms with Crippen LogP contribution in [0.2, 0.25) is 0 Å². The van der Waals surface area contributed by atoms with Gasteiger partial charge in [-0.05, 0) is 24.6 Å². The van der Waals surface area contributed by atoms with Gasteiger partial charge < -0.3 is 0 Å². The topological polar surface area (TPSA) is 87.8 Å². The molecule has 144 valence electrons. The first-order chi connectivity index (χ1) is 13.3. The monoisotopic (exact) mass is 402 g/mol. The molecule has 0 atom stereocenters. The van der Waals surface area contributed by atoms with Gasteiger partial charge in [-0.3, -0.25) is 4.72 Å². The minimum absolute atomic E-state index is 0.0294. The van der Waals surface area contributed by atoms with Gasteiger partial charge in [-0.25, -0.2) is 21.9 Å². The van der Waals surface area contributed by atoms with Gasteiger partial charge >= 0.3 is 0 Å². The van der Waals surface area contributed by atoms with Crippen LogP contribution in [0, 0.1) is 18.3 Å². The lowest BCUT2D eigenvalue weighted by molar-refractivity contribution is 0.140. The van der Waals surface area contributed by atoms with Crippen molar-refractivity contribution in [3.63, 3.8) is 0 Å². The molecule has 9 heteroatoms. The van der Waals surface area contributed by atoms with Crippen LogP contribution in [0.3, 0.4) is 0 Å². The normalized spacial score (nSPS) is 11.4. The second kappa shape index (κ2) is 7.78. The third-order valence-electron chi connectivity index (χ3n) is 4.04. The average molecular weight is 402 g/mol. The number of nitrogens with one attached hydrogen (secondary N) is 1. The first-order valence-corrected chi connectivity index (χ1v) is 9.72. The lowest BCUT2D eigenvalue weighted by Gasteiger charge is -2.10. The predicted octanol–water partition coefficient (Wildman–Crippen LogP) is 4.12. The van der Waals surface area contributed by atoms with Crippen molar-refractivity contribution in [3.05, 3.63) is 65.9 Å². The van der Waals surface area contributed by atoms with Gasteiger partial charge in [-0.2, -0.15) is 10.4 Å². The summed E-state index contributed by atoms with van der Waals surface area (Å²) >= 11 is 0. The summed E-state index contributed by atoms with van der Waals surface area (Å²) in [6.45, 7) is 1.40. The van der Waals surface area contributed by atoms with Crippen molar-refractivity contribution in [2.24, 2.45) is 0 Å². The largest absolute Gasteiger partial charge is 0.280 e. The smallest absolute Gasteiger partial charge is 0.261 e. The standard InChI is InChI=1S/C19H16F2N4O2S/c1-13-7-9-14(10-8-13)16-17(18(20)21)25(12-11-22)23-19(16)24-28(26,27)15-5-3-2-4-6-15/h2-10,18H,12H2,1H3,(H,23,24). The number of halogens is 2. The molecule has 0 spiro atoms. The van der Waals surface area contributed by atoms with E-state index in [2.05, 4.69) is 9.82 Å². The molecule has 0 aliphatic heterocycles. The molecule has 0 saturated carbocycles. The Bertz CT molecular complexity index is 1120. The number of nitrogens with zero attached hydrogens (tertiary/aromatic N) is 3. The number of benzene rings is 2. The molecule has 1 aromatic heterocycles. The van der Waals surface area contributed by atoms with E-state index in [4.69, 9.17) is 5.26 Å². The van der Waals surface area contributed by atoms with E-state index in [1.54, 1.807) is 48.5 Å². The third kappa shape index (κ3) is 3.87. The van der Waals surface area contributed by atoms with E-state index in [1.165, 1.54) is 12.1 Å². The molecule has 1 heterocycles. The molecule has 2 aromatic carbocycles. The molecule has 0 fully saturated rings. The number of rotatable bonds is 6. The average Bonchev–Trinajstić information content (AvgIpc) is 3.01. The highest BCUT2D eigenvalue weighted by Gasteiger charge is 2.28. The molecule has 0 bridgehead atoms. The second-order valence-corrected chi connectivity index (χ2v) is 7.69. The summed E-state index contributed by atoms with van der Waals surface area (Å²) in [7, 11) is -4.05. The van der Waals surface area contributed by atoms with Gasteiger partial charge in [-0.15, -0.1) is 0 Å². The van der Waals surface area contributed by atoms with Gasteiger partial charge in [0.25, 0.3) is 16.4 Å². The van der Waals surface area contributed by atoms with Crippen LogP contribution < -0.4 is 4.72 Å². The summed E-state index contributed by atoms with van der Waals surface area (Å²) in [5.41, 5.74) is 0.718. The van der Waals surface area contributed by atoms with Gasteiger partial charge in [0.05, 0.1) is 16.5 Å². The number of aryl methyl sites for hydroxylation is 1. The molecule has 0 radical (unpaired) electrons. The minimum atomic E-state index is -4.05. The number of alkyl halides is 2. The summed E-state index contributed by atoms with van der Waals surface area (Å²) in [5, 5.41) is 12.9. The zero-order valence-corrected chi connectivity index (χ0v) is 15.6. The van der Waals surface area contributed by atoms with Crippen LogP contribution in [0.15, 0.2) is 59.5 Å². The quantitative estimate of drug-likeness (QED) is 0.672. The lowest BCUT2D eigenvalue weighted by atomic mass is 10.0. The number of hydrogen-bond acceptors (Lipinski definition) is 4. The van der Waals surface area contributed by atoms with Crippen molar-refractivity contribution in [2.75, 3.05) is 4.72 Å². The van der Waals surface area contributed by atoms with Crippen molar-refractivity contribution < 1.29 is 17.2 Å². The molecule has 1 N–H and O–H groups in total. The van der Waals surface area contributed by atoms with Crippen molar-refractivity contribution in [1.82, 2.24) is 9.78 Å². The van der Waals surface area contributed by atoms with E-state index >= 15 is 0 Å². The summed E-state index contributed by atoms with van der Waals surface area (Å²) in [6, 6.07) is 16.0. The Morgan fingerprint density at radius 1 is 1.14 bits per heavy atom. The van der Waals surface area contributed by atoms with E-state index in [1.807, 2.05) is 6.92 Å². The first-order valence-electron chi connectivity index (χ1n) is 8.24. The Morgan fingerprint density at radius 2 is 1.79 bits per heavy atom. The van der Waals surface area contributed by atoms with Crippen LogP contribution in [0.25, 0.3) is 11.1 Å². The number of hydrogen-bond donors (Lipinski definition) is 1. The fourth-order valence-corrected chi connectivity index (χ4v) is 3.78. The van der Waals surface area contributed by atoms with E-state index in [-0.39, 0.29) is 16.3 Å². The van der Waals surface area contributed by atoms with Gasteiger partial charge in [-0.1, -0.05) is 48.0 Å². The maximum atomic E-state index is 13.8. The molecule has 6 nitrogen and oxygen atoms in total. The van der Waals surface area contributed by atoms with Crippen molar-refractivity contribution in [2.45, 2.75) is 24.8 Å². The zero-order valence-electron chi connectivity index (χ0n) is 14.8. The van der Waals surface area contributed by atoms with Crippen LogP contribution >= 0.6 is 0 Å². The first kappa shape index (κ1) is 19.5. The maximum Gasteiger partial charge on any atom is 0.280 e. The van der Waals surface area contributed by atoms with Crippen LogP contribution in [0.4, 0.5) is 14.6 Å². The van der Waals surface area contributed by atoms with E-state index in [9.17, 15) is 17.2 Å². The molecule has 0 amide bonds. The Morgan fingerprint density at radius 3 is 2.36 bits per heavy atom. The van der Waals surface area contributed by atoms with E-state index in [0.29, 0.717) is 5.56 Å². The van der Waals surface area contributed by atoms with Crippen molar-refractivity contribution in [3.8, 4) is 17.2 Å². The highest BCUT2D eigenvalue weighted by atomic mass is 32.2. The number of anilines is 1. The number of sulfonamides is 1. The highest BCUT2D eigenvalue weighted by molar-refractivity contribution is 7.92. The molecule has 0 aliphatic rings. The zero-order chi connectivity index (χ0) is 20.3. The highest BCUT2D eigenvalue weighted by Crippen LogP contribution is 2.38. The van der Waals surface area contributed by atoms with Gasteiger partial charge in [0.2, 0.25) is 0 Å². The third-order valence-corrected chi connectivity index (χ3v) is 5.40. The molecule has 0 unspecified atom stereocenters. The second-order valence-electron chi connectivity index (χ2n) is 6.01. The Kier molecular flexibility index (Phi) is 5.42. The van der Waals surface area contributed by atoms with Crippen LogP contribution in [0.5, 0.6) is 0 Å². The molecule has 0 aliphatic carbocycles. The Balaban J connectivity index is 2.19. The van der Waals surface area contributed by atoms with Crippen molar-refractivity contribution in [1.29, 1.82) is 5.26 Å². The Labute approximate surface area is 161 Å². The maximum absolute atomic E-state index is 13.8. The van der Waals surface area contributed by atoms with Crippen LogP contribution in [-0.2, 0) is 16.6 Å². The molecular formula is C19H16F2N4O2S. The summed E-state index contributed by atoms with van der Waals surface area (Å²) < 4.78 is 56.1. The summed E-state index contributed by atoms with van der Waals surface area (Å²) in [4.78, 5) is -0.0294. The number of aromatic nitrogens is 2. The van der Waals surface area contributed by atoms with Gasteiger partial charge in [0.15, 0.2) is 5.82 Å². The van der Waals surface area contributed by atoms with E-state index < -0.39 is 28.7 Å². The number of nitriles is 1. The lowest BCUT2D eigenvalue weighted by Crippen LogP contribution is -2.14. The summed E-state index contributed by atoms with van der Waals surface area (Å²) in [5.74, 6) is -0.252. The Hall–Kier alpha value is -3.25. The SMILES string of the molecule is Cc1ccc(-c2c(NS(=O)(=O)c3ccccc3)nn(CC#N)c2C(F)F)cc1. The van der Waals surface area contributed by atoms with Crippen LogP contribution in [0.1, 0.15) is 17.7 Å². The fourth-order valence-electron chi connectivity index (χ4n) is 2.75. The van der Waals surface area contributed by atoms with Crippen molar-refractivity contribution >= 4 is 15.8 Å². The minimum Gasteiger partial charge on any atom is -0.261 e. The fraction of sp³-hybridized carbons (Fsp3) is 0.158. The molecular weight excluding hydrogens is 386 g/mol. The van der Waals surface area contributed by atoms with Gasteiger partial charge in [0, 0.05) is 0 Å². The van der Waals surface area contributed by atoms with Crippen LogP contribution in [-0.4, -0.2) is 18.2 Å². The molecule has 0 saturated heterocycles. The molecule has 28 heavy (non-hydrogen) atoms. The predicted molar refractivity (Wildman–Crippen MR) is 100 cm³/mol. The molecule has 3 aromatic rings. The van der Waals surface area contributed by atoms with E-state index in [0.717, 1.165) is 10.2 Å². The van der Waals surface area contributed by atoms with Gasteiger partial charge in [0.1, 0.15) is 12.2 Å².